The van der Waals surface area contributed by atoms with Crippen LogP contribution in [-0.4, -0.2) is 32.1 Å². The smallest absolute Gasteiger partial charge is 0.372 e. The number of carboxylic acid groups (broad SMARTS) is 2. The van der Waals surface area contributed by atoms with Crippen molar-refractivity contribution in [3.05, 3.63) is 26.6 Å². The fourth-order valence-electron chi connectivity index (χ4n) is 1.60. The fraction of sp³-hybridized carbons (Fsp3) is 0.200. The van der Waals surface area contributed by atoms with Crippen LogP contribution in [0.3, 0.4) is 0 Å². The second-order valence-corrected chi connectivity index (χ2v) is 4.70. The average Bonchev–Trinajstić information content (AvgIpc) is 2.55. The summed E-state index contributed by atoms with van der Waals surface area (Å²) >= 11 is 1.02. The van der Waals surface area contributed by atoms with Crippen molar-refractivity contribution >= 4 is 33.5 Å². The van der Waals surface area contributed by atoms with Crippen molar-refractivity contribution in [3.8, 4) is 0 Å². The highest BCUT2D eigenvalue weighted by molar-refractivity contribution is 7.18. The molecule has 2 aromatic rings. The van der Waals surface area contributed by atoms with Gasteiger partial charge in [-0.05, 0) is 12.5 Å². The number of fused-ring (bicyclic) bond motifs is 1. The van der Waals surface area contributed by atoms with Crippen molar-refractivity contribution in [2.75, 3.05) is 0 Å². The van der Waals surface area contributed by atoms with E-state index in [0.29, 0.717) is 10.4 Å². The number of rotatable bonds is 3. The molecule has 0 saturated carbocycles. The predicted molar refractivity (Wildman–Crippen MR) is 63.3 cm³/mol. The summed E-state index contributed by atoms with van der Waals surface area (Å²) in [7, 11) is 0. The Bertz CT molecular complexity index is 715. The molecule has 18 heavy (non-hydrogen) atoms. The molecule has 0 unspecified atom stereocenters. The van der Waals surface area contributed by atoms with Crippen LogP contribution in [0.15, 0.2) is 4.79 Å². The Hall–Kier alpha value is -2.22. The number of carboxylic acids is 2. The van der Waals surface area contributed by atoms with Gasteiger partial charge in [-0.3, -0.25) is 9.59 Å². The van der Waals surface area contributed by atoms with Gasteiger partial charge in [-0.1, -0.05) is 0 Å². The molecule has 0 amide bonds. The molecule has 0 aliphatic rings. The molecule has 0 atom stereocenters. The van der Waals surface area contributed by atoms with E-state index in [4.69, 9.17) is 10.2 Å². The van der Waals surface area contributed by atoms with E-state index in [1.54, 1.807) is 6.92 Å². The number of hydrogen-bond donors (Lipinski definition) is 3. The number of carbonyl (C=O) groups is 2. The highest BCUT2D eigenvalue weighted by Crippen LogP contribution is 2.27. The van der Waals surface area contributed by atoms with Crippen LogP contribution in [0.5, 0.6) is 0 Å². The Kier molecular flexibility index (Phi) is 2.87. The first kappa shape index (κ1) is 12.2. The van der Waals surface area contributed by atoms with Gasteiger partial charge in [0.25, 0.3) is 5.56 Å². The van der Waals surface area contributed by atoms with Gasteiger partial charge < -0.3 is 15.2 Å². The van der Waals surface area contributed by atoms with Gasteiger partial charge >= 0.3 is 11.9 Å². The van der Waals surface area contributed by atoms with Crippen LogP contribution < -0.4 is 5.56 Å². The maximum absolute atomic E-state index is 11.7. The third-order valence-corrected chi connectivity index (χ3v) is 3.60. The lowest BCUT2D eigenvalue weighted by molar-refractivity contribution is -0.136. The molecule has 2 rings (SSSR count). The third kappa shape index (κ3) is 1.97. The minimum atomic E-state index is -1.33. The molecule has 0 aliphatic carbocycles. The Morgan fingerprint density at radius 3 is 2.61 bits per heavy atom. The Balaban J connectivity index is 2.72. The Morgan fingerprint density at radius 1 is 1.39 bits per heavy atom. The van der Waals surface area contributed by atoms with Gasteiger partial charge in [0.2, 0.25) is 5.82 Å². The predicted octanol–water partition coefficient (Wildman–Crippen LogP) is 0.618. The number of aromatic carboxylic acids is 1. The summed E-state index contributed by atoms with van der Waals surface area (Å²) in [5.41, 5.74) is -0.0362. The van der Waals surface area contributed by atoms with E-state index >= 15 is 0 Å². The molecular weight excluding hydrogens is 260 g/mol. The monoisotopic (exact) mass is 268 g/mol. The molecule has 2 aromatic heterocycles. The number of aryl methyl sites for hydroxylation is 1. The topological polar surface area (TPSA) is 120 Å². The van der Waals surface area contributed by atoms with E-state index in [1.165, 1.54) is 0 Å². The zero-order valence-corrected chi connectivity index (χ0v) is 10.00. The standard InChI is InChI=1S/C10H8N2O5S/c1-3-4(2-5(13)14)18-9-6(3)8(15)11-7(12-9)10(16)17/h2H2,1H3,(H,13,14)(H,16,17)(H,11,12,15). The molecule has 2 heterocycles. The van der Waals surface area contributed by atoms with Crippen LogP contribution in [-0.2, 0) is 11.2 Å². The first-order valence-electron chi connectivity index (χ1n) is 4.87. The third-order valence-electron chi connectivity index (χ3n) is 2.41. The molecule has 0 aliphatic heterocycles. The number of thiophene rings is 1. The second kappa shape index (κ2) is 4.22. The van der Waals surface area contributed by atoms with E-state index in [0.717, 1.165) is 11.3 Å². The quantitative estimate of drug-likeness (QED) is 0.750. The van der Waals surface area contributed by atoms with Crippen molar-refractivity contribution in [2.24, 2.45) is 0 Å². The molecule has 0 aromatic carbocycles. The van der Waals surface area contributed by atoms with E-state index in [9.17, 15) is 14.4 Å². The van der Waals surface area contributed by atoms with Crippen molar-refractivity contribution in [1.82, 2.24) is 9.97 Å². The molecular formula is C10H8N2O5S. The number of nitrogens with zero attached hydrogens (tertiary/aromatic N) is 1. The highest BCUT2D eigenvalue weighted by atomic mass is 32.1. The number of aliphatic carboxylic acids is 1. The normalized spacial score (nSPS) is 10.7. The molecule has 0 radical (unpaired) electrons. The van der Waals surface area contributed by atoms with Crippen molar-refractivity contribution in [2.45, 2.75) is 13.3 Å². The number of hydrogen-bond acceptors (Lipinski definition) is 5. The summed E-state index contributed by atoms with van der Waals surface area (Å²) in [6.45, 7) is 1.62. The number of aromatic nitrogens is 2. The molecule has 0 bridgehead atoms. The zero-order valence-electron chi connectivity index (χ0n) is 9.18. The first-order chi connectivity index (χ1) is 8.40. The summed E-state index contributed by atoms with van der Waals surface area (Å²) in [5, 5.41) is 17.8. The second-order valence-electron chi connectivity index (χ2n) is 3.62. The van der Waals surface area contributed by atoms with Crippen LogP contribution in [0, 0.1) is 6.92 Å². The molecule has 7 nitrogen and oxygen atoms in total. The summed E-state index contributed by atoms with van der Waals surface area (Å²) in [4.78, 5) is 39.8. The van der Waals surface area contributed by atoms with Gasteiger partial charge in [0.1, 0.15) is 4.83 Å². The lowest BCUT2D eigenvalue weighted by Crippen LogP contribution is -2.15. The summed E-state index contributed by atoms with van der Waals surface area (Å²) in [6.07, 6.45) is -0.214. The van der Waals surface area contributed by atoms with Gasteiger partial charge in [-0.25, -0.2) is 9.78 Å². The minimum absolute atomic E-state index is 0.214. The summed E-state index contributed by atoms with van der Waals surface area (Å²) in [5.74, 6) is -2.80. The van der Waals surface area contributed by atoms with E-state index in [2.05, 4.69) is 9.97 Å². The van der Waals surface area contributed by atoms with Gasteiger partial charge in [-0.15, -0.1) is 11.3 Å². The number of aromatic amines is 1. The lowest BCUT2D eigenvalue weighted by Gasteiger charge is -1.94. The minimum Gasteiger partial charge on any atom is -0.481 e. The zero-order chi connectivity index (χ0) is 13.4. The molecule has 94 valence electrons. The van der Waals surface area contributed by atoms with Gasteiger partial charge in [0, 0.05) is 4.88 Å². The fourth-order valence-corrected chi connectivity index (χ4v) is 2.77. The highest BCUT2D eigenvalue weighted by Gasteiger charge is 2.17. The van der Waals surface area contributed by atoms with Crippen molar-refractivity contribution in [1.29, 1.82) is 0 Å². The number of nitrogens with one attached hydrogen (secondary N) is 1. The van der Waals surface area contributed by atoms with Crippen LogP contribution in [0.2, 0.25) is 0 Å². The summed E-state index contributed by atoms with van der Waals surface area (Å²) < 4.78 is 0. The first-order valence-corrected chi connectivity index (χ1v) is 5.69. The van der Waals surface area contributed by atoms with E-state index < -0.39 is 23.3 Å². The molecule has 0 spiro atoms. The van der Waals surface area contributed by atoms with E-state index in [1.807, 2.05) is 0 Å². The molecule has 3 N–H and O–H groups in total. The van der Waals surface area contributed by atoms with Gasteiger partial charge in [-0.2, -0.15) is 0 Å². The van der Waals surface area contributed by atoms with Gasteiger partial charge in [0.05, 0.1) is 11.8 Å². The van der Waals surface area contributed by atoms with Crippen LogP contribution >= 0.6 is 11.3 Å². The Labute approximate surface area is 104 Å². The van der Waals surface area contributed by atoms with Crippen molar-refractivity contribution in [3.63, 3.8) is 0 Å². The lowest BCUT2D eigenvalue weighted by atomic mass is 10.2. The summed E-state index contributed by atoms with van der Waals surface area (Å²) in [6, 6.07) is 0. The average molecular weight is 268 g/mol. The molecule has 0 fully saturated rings. The number of H-pyrrole nitrogens is 1. The SMILES string of the molecule is Cc1c(CC(=O)O)sc2nc(C(=O)O)[nH]c(=O)c12. The molecule has 8 heteroatoms. The maximum Gasteiger partial charge on any atom is 0.372 e. The van der Waals surface area contributed by atoms with Gasteiger partial charge in [0.15, 0.2) is 0 Å². The largest absolute Gasteiger partial charge is 0.481 e. The molecule has 0 saturated heterocycles. The van der Waals surface area contributed by atoms with Crippen LogP contribution in [0.1, 0.15) is 21.1 Å². The maximum atomic E-state index is 11.7. The van der Waals surface area contributed by atoms with Crippen molar-refractivity contribution < 1.29 is 19.8 Å². The van der Waals surface area contributed by atoms with E-state index in [-0.39, 0.29) is 16.6 Å². The Morgan fingerprint density at radius 2 is 2.06 bits per heavy atom. The van der Waals surface area contributed by atoms with Crippen LogP contribution in [0.25, 0.3) is 10.2 Å². The van der Waals surface area contributed by atoms with Crippen LogP contribution in [0.4, 0.5) is 0 Å².